The molecule has 0 bridgehead atoms. The summed E-state index contributed by atoms with van der Waals surface area (Å²) in [4.78, 5) is 42.7. The lowest BCUT2D eigenvalue weighted by molar-refractivity contribution is -0.127. The van der Waals surface area contributed by atoms with Gasteiger partial charge in [-0.2, -0.15) is 0 Å². The SMILES string of the molecule is CC(C)OC(=O)NCCCCN(CC1CCCCC1)C(=O)C(=O)c1c[nH]c2ccccc12. The van der Waals surface area contributed by atoms with Crippen LogP contribution in [0.25, 0.3) is 10.9 Å². The lowest BCUT2D eigenvalue weighted by Gasteiger charge is -2.29. The summed E-state index contributed by atoms with van der Waals surface area (Å²) >= 11 is 0. The van der Waals surface area contributed by atoms with Crippen LogP contribution in [0.3, 0.4) is 0 Å². The van der Waals surface area contributed by atoms with E-state index < -0.39 is 17.8 Å². The molecule has 32 heavy (non-hydrogen) atoms. The standard InChI is InChI=1S/C25H35N3O4/c1-18(2)32-25(31)26-14-8-9-15-28(17-19-10-4-3-5-11-19)24(30)23(29)21-16-27-22-13-7-6-12-20(21)22/h6-7,12-13,16,18-19,27H,3-5,8-11,14-15,17H2,1-2H3,(H,26,31). The van der Waals surface area contributed by atoms with Gasteiger partial charge in [0, 0.05) is 36.7 Å². The molecule has 7 nitrogen and oxygen atoms in total. The van der Waals surface area contributed by atoms with Crippen molar-refractivity contribution >= 4 is 28.7 Å². The first-order valence-electron chi connectivity index (χ1n) is 11.8. The van der Waals surface area contributed by atoms with Crippen LogP contribution in [0.4, 0.5) is 4.79 Å². The molecule has 2 amide bonds. The second kappa shape index (κ2) is 11.7. The Labute approximate surface area is 189 Å². The fraction of sp³-hybridized carbons (Fsp3) is 0.560. The summed E-state index contributed by atoms with van der Waals surface area (Å²) in [5.41, 5.74) is 1.28. The highest BCUT2D eigenvalue weighted by molar-refractivity contribution is 6.44. The number of alkyl carbamates (subject to hydrolysis) is 1. The zero-order valence-electron chi connectivity index (χ0n) is 19.2. The number of benzene rings is 1. The average Bonchev–Trinajstić information content (AvgIpc) is 3.21. The molecular weight excluding hydrogens is 406 g/mol. The molecule has 1 fully saturated rings. The molecule has 0 aliphatic heterocycles. The number of para-hydroxylation sites is 1. The van der Waals surface area contributed by atoms with E-state index in [4.69, 9.17) is 4.74 Å². The monoisotopic (exact) mass is 441 g/mol. The van der Waals surface area contributed by atoms with Gasteiger partial charge in [-0.25, -0.2) is 4.79 Å². The molecule has 2 N–H and O–H groups in total. The number of ether oxygens (including phenoxy) is 1. The van der Waals surface area contributed by atoms with Crippen LogP contribution >= 0.6 is 0 Å². The Morgan fingerprint density at radius 3 is 2.62 bits per heavy atom. The molecule has 0 saturated heterocycles. The summed E-state index contributed by atoms with van der Waals surface area (Å²) in [5, 5.41) is 3.50. The van der Waals surface area contributed by atoms with Crippen molar-refractivity contribution in [1.82, 2.24) is 15.2 Å². The second-order valence-corrected chi connectivity index (χ2v) is 8.92. The topological polar surface area (TPSA) is 91.5 Å². The van der Waals surface area contributed by atoms with E-state index in [1.165, 1.54) is 19.3 Å². The maximum Gasteiger partial charge on any atom is 0.407 e. The summed E-state index contributed by atoms with van der Waals surface area (Å²) in [7, 11) is 0. The molecule has 1 aliphatic rings. The lowest BCUT2D eigenvalue weighted by Crippen LogP contribution is -2.41. The number of hydrogen-bond acceptors (Lipinski definition) is 4. The van der Waals surface area contributed by atoms with Crippen LogP contribution in [-0.4, -0.2) is 53.4 Å². The first-order valence-corrected chi connectivity index (χ1v) is 11.8. The molecule has 0 radical (unpaired) electrons. The number of fused-ring (bicyclic) bond motifs is 1. The Kier molecular flexibility index (Phi) is 8.71. The van der Waals surface area contributed by atoms with Crippen LogP contribution in [0.5, 0.6) is 0 Å². The fourth-order valence-corrected chi connectivity index (χ4v) is 4.35. The summed E-state index contributed by atoms with van der Waals surface area (Å²) in [6.07, 6.45) is 8.30. The summed E-state index contributed by atoms with van der Waals surface area (Å²) in [5.74, 6) is -0.452. The van der Waals surface area contributed by atoms with Crippen LogP contribution in [0, 0.1) is 5.92 Å². The van der Waals surface area contributed by atoms with Crippen molar-refractivity contribution in [3.8, 4) is 0 Å². The van der Waals surface area contributed by atoms with Crippen molar-refractivity contribution in [2.45, 2.75) is 64.9 Å². The third-order valence-electron chi connectivity index (χ3n) is 5.99. The fourth-order valence-electron chi connectivity index (χ4n) is 4.35. The number of aromatic amines is 1. The molecule has 0 atom stereocenters. The molecule has 1 aromatic heterocycles. The maximum absolute atomic E-state index is 13.2. The minimum atomic E-state index is -0.461. The highest BCUT2D eigenvalue weighted by atomic mass is 16.6. The molecule has 1 aromatic carbocycles. The van der Waals surface area contributed by atoms with Gasteiger partial charge < -0.3 is 19.9 Å². The quantitative estimate of drug-likeness (QED) is 0.318. The summed E-state index contributed by atoms with van der Waals surface area (Å²) in [6.45, 7) is 5.21. The van der Waals surface area contributed by atoms with Crippen molar-refractivity contribution in [2.24, 2.45) is 5.92 Å². The number of carbonyl (C=O) groups excluding carboxylic acids is 3. The Morgan fingerprint density at radius 1 is 1.12 bits per heavy atom. The van der Waals surface area contributed by atoms with Crippen LogP contribution in [-0.2, 0) is 9.53 Å². The van der Waals surface area contributed by atoms with E-state index in [9.17, 15) is 14.4 Å². The van der Waals surface area contributed by atoms with E-state index in [1.54, 1.807) is 24.9 Å². The van der Waals surface area contributed by atoms with Crippen molar-refractivity contribution in [1.29, 1.82) is 0 Å². The van der Waals surface area contributed by atoms with Gasteiger partial charge in [-0.1, -0.05) is 37.5 Å². The number of unbranched alkanes of at least 4 members (excludes halogenated alkanes) is 1. The van der Waals surface area contributed by atoms with E-state index in [1.807, 2.05) is 24.3 Å². The van der Waals surface area contributed by atoms with Gasteiger partial charge in [-0.15, -0.1) is 0 Å². The van der Waals surface area contributed by atoms with E-state index in [0.29, 0.717) is 44.0 Å². The molecule has 7 heteroatoms. The number of aromatic nitrogens is 1. The number of nitrogens with one attached hydrogen (secondary N) is 2. The number of Topliss-reactive ketones (excluding diaryl/α,β-unsaturated/α-hetero) is 1. The van der Waals surface area contributed by atoms with Crippen LogP contribution < -0.4 is 5.32 Å². The second-order valence-electron chi connectivity index (χ2n) is 8.92. The van der Waals surface area contributed by atoms with Gasteiger partial charge in [-0.3, -0.25) is 9.59 Å². The molecule has 0 spiro atoms. The first-order chi connectivity index (χ1) is 15.5. The molecule has 1 saturated carbocycles. The van der Waals surface area contributed by atoms with Gasteiger partial charge in [0.15, 0.2) is 0 Å². The van der Waals surface area contributed by atoms with Gasteiger partial charge in [0.1, 0.15) is 0 Å². The third kappa shape index (κ3) is 6.58. The number of H-pyrrole nitrogens is 1. The molecule has 0 unspecified atom stereocenters. The number of carbonyl (C=O) groups is 3. The molecule has 1 heterocycles. The van der Waals surface area contributed by atoms with Gasteiger partial charge in [0.05, 0.1) is 11.7 Å². The van der Waals surface area contributed by atoms with Crippen LogP contribution in [0.15, 0.2) is 30.5 Å². The third-order valence-corrected chi connectivity index (χ3v) is 5.99. The van der Waals surface area contributed by atoms with Gasteiger partial charge in [0.2, 0.25) is 0 Å². The van der Waals surface area contributed by atoms with Crippen molar-refractivity contribution < 1.29 is 19.1 Å². The number of hydrogen-bond donors (Lipinski definition) is 2. The zero-order chi connectivity index (χ0) is 22.9. The Bertz CT molecular complexity index is 915. The van der Waals surface area contributed by atoms with Crippen LogP contribution in [0.1, 0.15) is 69.2 Å². The molecule has 174 valence electrons. The Morgan fingerprint density at radius 2 is 1.88 bits per heavy atom. The Balaban J connectivity index is 1.60. The number of amides is 2. The minimum absolute atomic E-state index is 0.158. The first kappa shape index (κ1) is 23.8. The average molecular weight is 442 g/mol. The van der Waals surface area contributed by atoms with E-state index in [-0.39, 0.29) is 6.10 Å². The summed E-state index contributed by atoms with van der Waals surface area (Å²) < 4.78 is 5.06. The maximum atomic E-state index is 13.2. The van der Waals surface area contributed by atoms with E-state index in [0.717, 1.165) is 23.7 Å². The highest BCUT2D eigenvalue weighted by Crippen LogP contribution is 2.25. The number of ketones is 1. The van der Waals surface area contributed by atoms with E-state index >= 15 is 0 Å². The molecular formula is C25H35N3O4. The largest absolute Gasteiger partial charge is 0.447 e. The Hall–Kier alpha value is -2.83. The molecule has 1 aliphatic carbocycles. The predicted molar refractivity (Wildman–Crippen MR) is 125 cm³/mol. The van der Waals surface area contributed by atoms with Gasteiger partial charge in [-0.05, 0) is 51.5 Å². The smallest absolute Gasteiger partial charge is 0.407 e. The number of nitrogens with zero attached hydrogens (tertiary/aromatic N) is 1. The molecule has 3 rings (SSSR count). The predicted octanol–water partition coefficient (Wildman–Crippen LogP) is 4.67. The zero-order valence-corrected chi connectivity index (χ0v) is 19.2. The number of rotatable bonds is 10. The highest BCUT2D eigenvalue weighted by Gasteiger charge is 2.27. The van der Waals surface area contributed by atoms with E-state index in [2.05, 4.69) is 10.3 Å². The van der Waals surface area contributed by atoms with Gasteiger partial charge >= 0.3 is 6.09 Å². The van der Waals surface area contributed by atoms with Crippen molar-refractivity contribution in [3.05, 3.63) is 36.0 Å². The minimum Gasteiger partial charge on any atom is -0.447 e. The van der Waals surface area contributed by atoms with Crippen molar-refractivity contribution in [3.63, 3.8) is 0 Å². The van der Waals surface area contributed by atoms with Crippen LogP contribution in [0.2, 0.25) is 0 Å². The van der Waals surface area contributed by atoms with Gasteiger partial charge in [0.25, 0.3) is 11.7 Å². The molecule has 2 aromatic rings. The lowest BCUT2D eigenvalue weighted by atomic mass is 9.88. The summed E-state index contributed by atoms with van der Waals surface area (Å²) in [6, 6.07) is 7.53. The normalized spacial score (nSPS) is 14.5. The van der Waals surface area contributed by atoms with Crippen molar-refractivity contribution in [2.75, 3.05) is 19.6 Å².